The average Bonchev–Trinajstić information content (AvgIpc) is 2.45. The summed E-state index contributed by atoms with van der Waals surface area (Å²) >= 11 is 0. The number of carbonyl (C=O) groups excluding carboxylic acids is 2. The molecule has 6 nitrogen and oxygen atoms in total. The highest BCUT2D eigenvalue weighted by Crippen LogP contribution is 2.34. The summed E-state index contributed by atoms with van der Waals surface area (Å²) in [6.07, 6.45) is -12.1. The second-order valence-corrected chi connectivity index (χ2v) is 4.65. The van der Waals surface area contributed by atoms with Crippen LogP contribution in [0.3, 0.4) is 0 Å². The van der Waals surface area contributed by atoms with Gasteiger partial charge in [0.05, 0.1) is 13.5 Å². The number of anilines is 1. The van der Waals surface area contributed by atoms with Gasteiger partial charge in [-0.15, -0.1) is 13.2 Å². The molecule has 0 spiro atoms. The number of aliphatic hydroxyl groups is 1. The molecule has 140 valence electrons. The van der Waals surface area contributed by atoms with E-state index in [9.17, 15) is 41.0 Å². The molecule has 0 saturated carbocycles. The van der Waals surface area contributed by atoms with Crippen molar-refractivity contribution in [2.45, 2.75) is 24.6 Å². The quantitative estimate of drug-likeness (QED) is 0.610. The van der Waals surface area contributed by atoms with Gasteiger partial charge in [0.25, 0.3) is 5.60 Å². The fourth-order valence-electron chi connectivity index (χ4n) is 1.63. The number of carbonyl (C=O) groups is 2. The molecule has 1 amide bonds. The van der Waals surface area contributed by atoms with Gasteiger partial charge in [0.1, 0.15) is 5.75 Å². The molecule has 1 rings (SSSR count). The third-order valence-electron chi connectivity index (χ3n) is 2.78. The summed E-state index contributed by atoms with van der Waals surface area (Å²) < 4.78 is 81.8. The fraction of sp³-hybridized carbons (Fsp3) is 0.385. The lowest BCUT2D eigenvalue weighted by atomic mass is 9.98. The third-order valence-corrected chi connectivity index (χ3v) is 2.78. The second-order valence-electron chi connectivity index (χ2n) is 4.65. The van der Waals surface area contributed by atoms with Crippen LogP contribution in [0.4, 0.5) is 32.0 Å². The van der Waals surface area contributed by atoms with E-state index in [0.717, 1.165) is 24.3 Å². The van der Waals surface area contributed by atoms with E-state index in [0.29, 0.717) is 7.11 Å². The summed E-state index contributed by atoms with van der Waals surface area (Å²) in [5.41, 5.74) is -4.25. The van der Waals surface area contributed by atoms with Crippen LogP contribution in [-0.2, 0) is 14.3 Å². The van der Waals surface area contributed by atoms with Gasteiger partial charge in [-0.3, -0.25) is 4.79 Å². The third kappa shape index (κ3) is 5.52. The largest absolute Gasteiger partial charge is 0.573 e. The van der Waals surface area contributed by atoms with Crippen LogP contribution < -0.4 is 10.1 Å². The summed E-state index contributed by atoms with van der Waals surface area (Å²) in [5.74, 6) is -4.12. The highest BCUT2D eigenvalue weighted by molar-refractivity contribution is 5.96. The number of halogens is 6. The minimum absolute atomic E-state index is 0.186. The number of amides is 1. The average molecular weight is 375 g/mol. The van der Waals surface area contributed by atoms with Crippen molar-refractivity contribution >= 4 is 17.6 Å². The number of hydrogen-bond donors (Lipinski definition) is 2. The first kappa shape index (κ1) is 20.5. The van der Waals surface area contributed by atoms with Gasteiger partial charge in [0, 0.05) is 5.69 Å². The standard InChI is InChI=1S/C13H11F6NO5/c1-24-10(22)11(23,12(14,15)16)6-9(21)20-7-2-4-8(5-3-7)25-13(17,18)19/h2-5,23H,6H2,1H3,(H,20,21)/t11-/m0/s1. The zero-order valence-electron chi connectivity index (χ0n) is 12.4. The molecule has 0 radical (unpaired) electrons. The summed E-state index contributed by atoms with van der Waals surface area (Å²) in [7, 11) is 0.594. The number of ether oxygens (including phenoxy) is 2. The van der Waals surface area contributed by atoms with Gasteiger partial charge in [-0.05, 0) is 24.3 Å². The minimum atomic E-state index is -5.48. The molecule has 12 heteroatoms. The van der Waals surface area contributed by atoms with Crippen LogP contribution >= 0.6 is 0 Å². The lowest BCUT2D eigenvalue weighted by molar-refractivity contribution is -0.274. The van der Waals surface area contributed by atoms with E-state index in [2.05, 4.69) is 9.47 Å². The Morgan fingerprint density at radius 3 is 2.00 bits per heavy atom. The van der Waals surface area contributed by atoms with Crippen molar-refractivity contribution in [1.29, 1.82) is 0 Å². The van der Waals surface area contributed by atoms with Crippen LogP contribution in [0, 0.1) is 0 Å². The van der Waals surface area contributed by atoms with Crippen molar-refractivity contribution in [3.63, 3.8) is 0 Å². The number of benzene rings is 1. The Kier molecular flexibility index (Phi) is 5.89. The fourth-order valence-corrected chi connectivity index (χ4v) is 1.63. The molecule has 1 aromatic carbocycles. The van der Waals surface area contributed by atoms with Gasteiger partial charge >= 0.3 is 18.5 Å². The molecule has 0 aliphatic heterocycles. The molecule has 0 heterocycles. The maximum absolute atomic E-state index is 12.8. The summed E-state index contributed by atoms with van der Waals surface area (Å²) in [6.45, 7) is 0. The highest BCUT2D eigenvalue weighted by atomic mass is 19.4. The van der Waals surface area contributed by atoms with Crippen LogP contribution in [0.5, 0.6) is 5.75 Å². The van der Waals surface area contributed by atoms with E-state index < -0.39 is 42.2 Å². The Labute approximate surface area is 136 Å². The molecule has 1 atom stereocenters. The SMILES string of the molecule is COC(=O)[C@@](O)(CC(=O)Nc1ccc(OC(F)(F)F)cc1)C(F)(F)F. The van der Waals surface area contributed by atoms with Crippen LogP contribution in [0.2, 0.25) is 0 Å². The molecule has 0 aliphatic rings. The van der Waals surface area contributed by atoms with Crippen LogP contribution in [0.15, 0.2) is 24.3 Å². The van der Waals surface area contributed by atoms with E-state index in [1.54, 1.807) is 0 Å². The monoisotopic (exact) mass is 375 g/mol. The van der Waals surface area contributed by atoms with Gasteiger partial charge in [0.2, 0.25) is 5.91 Å². The van der Waals surface area contributed by atoms with Gasteiger partial charge in [-0.2, -0.15) is 13.2 Å². The minimum Gasteiger partial charge on any atom is -0.467 e. The molecular formula is C13H11F6NO5. The number of rotatable bonds is 5. The Morgan fingerprint density at radius 2 is 1.60 bits per heavy atom. The number of alkyl halides is 6. The van der Waals surface area contributed by atoms with Crippen LogP contribution in [-0.4, -0.2) is 42.2 Å². The van der Waals surface area contributed by atoms with E-state index in [1.165, 1.54) is 0 Å². The zero-order valence-corrected chi connectivity index (χ0v) is 12.4. The number of nitrogens with one attached hydrogen (secondary N) is 1. The molecule has 0 aliphatic carbocycles. The molecule has 1 aromatic rings. The van der Waals surface area contributed by atoms with E-state index in [1.807, 2.05) is 5.32 Å². The molecule has 0 unspecified atom stereocenters. The van der Waals surface area contributed by atoms with Crippen LogP contribution in [0.25, 0.3) is 0 Å². The molecule has 0 bridgehead atoms. The smallest absolute Gasteiger partial charge is 0.467 e. The Balaban J connectivity index is 2.83. The van der Waals surface area contributed by atoms with Crippen molar-refractivity contribution in [2.75, 3.05) is 12.4 Å². The topological polar surface area (TPSA) is 84.9 Å². The van der Waals surface area contributed by atoms with Gasteiger partial charge < -0.3 is 19.9 Å². The molecule has 0 saturated heterocycles. The van der Waals surface area contributed by atoms with E-state index >= 15 is 0 Å². The first-order valence-electron chi connectivity index (χ1n) is 6.31. The maximum Gasteiger partial charge on any atom is 0.573 e. The predicted octanol–water partition coefficient (Wildman–Crippen LogP) is 2.38. The predicted molar refractivity (Wildman–Crippen MR) is 69.4 cm³/mol. The number of hydrogen-bond acceptors (Lipinski definition) is 5. The number of esters is 1. The zero-order chi connectivity index (χ0) is 19.5. The Hall–Kier alpha value is -2.50. The molecule has 25 heavy (non-hydrogen) atoms. The van der Waals surface area contributed by atoms with Gasteiger partial charge in [-0.25, -0.2) is 4.79 Å². The first-order valence-corrected chi connectivity index (χ1v) is 6.31. The summed E-state index contributed by atoms with van der Waals surface area (Å²) in [6, 6.07) is 3.45. The van der Waals surface area contributed by atoms with Gasteiger partial charge in [0.15, 0.2) is 0 Å². The normalized spacial score (nSPS) is 14.4. The summed E-state index contributed by atoms with van der Waals surface area (Å²) in [5, 5.41) is 11.3. The maximum atomic E-state index is 12.8. The molecule has 2 N–H and O–H groups in total. The molecule has 0 aromatic heterocycles. The van der Waals surface area contributed by atoms with Crippen molar-refractivity contribution < 1.29 is 50.5 Å². The lowest BCUT2D eigenvalue weighted by Gasteiger charge is -2.26. The van der Waals surface area contributed by atoms with Crippen molar-refractivity contribution in [2.24, 2.45) is 0 Å². The Morgan fingerprint density at radius 1 is 1.08 bits per heavy atom. The Bertz CT molecular complexity index is 627. The second kappa shape index (κ2) is 7.17. The van der Waals surface area contributed by atoms with Crippen molar-refractivity contribution in [3.05, 3.63) is 24.3 Å². The molecular weight excluding hydrogens is 364 g/mol. The van der Waals surface area contributed by atoms with Gasteiger partial charge in [-0.1, -0.05) is 0 Å². The highest BCUT2D eigenvalue weighted by Gasteiger charge is 2.61. The first-order chi connectivity index (χ1) is 11.3. The van der Waals surface area contributed by atoms with E-state index in [-0.39, 0.29) is 5.69 Å². The molecule has 0 fully saturated rings. The summed E-state index contributed by atoms with van der Waals surface area (Å²) in [4.78, 5) is 22.8. The van der Waals surface area contributed by atoms with E-state index in [4.69, 9.17) is 0 Å². The van der Waals surface area contributed by atoms with Crippen molar-refractivity contribution in [3.8, 4) is 5.75 Å². The van der Waals surface area contributed by atoms with Crippen LogP contribution in [0.1, 0.15) is 6.42 Å². The van der Waals surface area contributed by atoms with Crippen molar-refractivity contribution in [1.82, 2.24) is 0 Å². The lowest BCUT2D eigenvalue weighted by Crippen LogP contribution is -2.54. The number of methoxy groups -OCH3 is 1.